The molecule has 2 aromatic carbocycles. The lowest BCUT2D eigenvalue weighted by atomic mass is 10.1. The maximum Gasteiger partial charge on any atom is 0.172 e. The summed E-state index contributed by atoms with van der Waals surface area (Å²) in [7, 11) is 0. The molecule has 0 saturated heterocycles. The highest BCUT2D eigenvalue weighted by Gasteiger charge is 2.25. The molecule has 0 fully saturated rings. The standard InChI is InChI=1S/C19H12Cl2N8/c20-11-5-6-14-12(7-11)19-23-17(9-28-15-4-2-1-3-13(15)24-26-28)25-29(19)8-16-18(21)22-10-27(14)16/h1-7,10H,8-9H2. The van der Waals surface area contributed by atoms with E-state index in [2.05, 4.69) is 15.3 Å². The molecular weight excluding hydrogens is 411 g/mol. The summed E-state index contributed by atoms with van der Waals surface area (Å²) in [5.41, 5.74) is 4.39. The Morgan fingerprint density at radius 2 is 1.97 bits per heavy atom. The first-order valence-corrected chi connectivity index (χ1v) is 9.67. The highest BCUT2D eigenvalue weighted by atomic mass is 35.5. The zero-order valence-electron chi connectivity index (χ0n) is 14.9. The van der Waals surface area contributed by atoms with E-state index in [0.29, 0.717) is 29.1 Å². The second-order valence-corrected chi connectivity index (χ2v) is 7.55. The molecule has 29 heavy (non-hydrogen) atoms. The van der Waals surface area contributed by atoms with Crippen LogP contribution < -0.4 is 0 Å². The Bertz CT molecular complexity index is 1400. The lowest BCUT2D eigenvalue weighted by Crippen LogP contribution is -2.07. The first-order valence-electron chi connectivity index (χ1n) is 8.91. The van der Waals surface area contributed by atoms with Gasteiger partial charge in [-0.3, -0.25) is 4.57 Å². The Morgan fingerprint density at radius 1 is 1.07 bits per heavy atom. The molecule has 1 aliphatic heterocycles. The number of benzene rings is 2. The molecule has 0 saturated carbocycles. The minimum Gasteiger partial charge on any atom is -0.299 e. The minimum atomic E-state index is 0.406. The van der Waals surface area contributed by atoms with Crippen LogP contribution in [-0.4, -0.2) is 39.3 Å². The maximum absolute atomic E-state index is 6.34. The number of para-hydroxylation sites is 1. The second-order valence-electron chi connectivity index (χ2n) is 6.76. The van der Waals surface area contributed by atoms with Gasteiger partial charge in [-0.25, -0.2) is 19.3 Å². The van der Waals surface area contributed by atoms with Crippen LogP contribution in [0.5, 0.6) is 0 Å². The summed E-state index contributed by atoms with van der Waals surface area (Å²) in [6.07, 6.45) is 1.71. The van der Waals surface area contributed by atoms with Crippen LogP contribution >= 0.6 is 23.2 Å². The van der Waals surface area contributed by atoms with Gasteiger partial charge in [0.05, 0.1) is 23.4 Å². The van der Waals surface area contributed by atoms with E-state index in [1.54, 1.807) is 11.0 Å². The molecule has 8 nitrogen and oxygen atoms in total. The van der Waals surface area contributed by atoms with E-state index < -0.39 is 0 Å². The Kier molecular flexibility index (Phi) is 3.53. The highest BCUT2D eigenvalue weighted by molar-refractivity contribution is 6.31. The fourth-order valence-electron chi connectivity index (χ4n) is 3.67. The van der Waals surface area contributed by atoms with E-state index in [-0.39, 0.29) is 0 Å². The monoisotopic (exact) mass is 422 g/mol. The molecule has 0 spiro atoms. The molecule has 1 aliphatic rings. The van der Waals surface area contributed by atoms with Gasteiger partial charge in [-0.2, -0.15) is 5.10 Å². The van der Waals surface area contributed by atoms with Crippen molar-refractivity contribution in [2.24, 2.45) is 0 Å². The second kappa shape index (κ2) is 6.13. The van der Waals surface area contributed by atoms with E-state index >= 15 is 0 Å². The summed E-state index contributed by atoms with van der Waals surface area (Å²) in [6.45, 7) is 0.856. The lowest BCUT2D eigenvalue weighted by molar-refractivity contribution is 0.617. The average Bonchev–Trinajstić information content (AvgIpc) is 3.40. The van der Waals surface area contributed by atoms with E-state index in [1.807, 2.05) is 51.7 Å². The van der Waals surface area contributed by atoms with Crippen LogP contribution in [0.1, 0.15) is 11.5 Å². The van der Waals surface area contributed by atoms with Crippen molar-refractivity contribution in [1.29, 1.82) is 0 Å². The number of hydrogen-bond acceptors (Lipinski definition) is 5. The molecule has 5 aromatic rings. The molecule has 0 N–H and O–H groups in total. The quantitative estimate of drug-likeness (QED) is 0.425. The zero-order chi connectivity index (χ0) is 19.5. The number of rotatable bonds is 2. The van der Waals surface area contributed by atoms with Crippen molar-refractivity contribution in [3.8, 4) is 17.1 Å². The molecule has 0 atom stereocenters. The molecule has 0 amide bonds. The molecule has 0 bridgehead atoms. The van der Waals surface area contributed by atoms with Crippen molar-refractivity contribution in [1.82, 2.24) is 39.3 Å². The van der Waals surface area contributed by atoms with Crippen LogP contribution in [0.25, 0.3) is 28.1 Å². The summed E-state index contributed by atoms with van der Waals surface area (Å²) >= 11 is 12.6. The number of nitrogens with zero attached hydrogens (tertiary/aromatic N) is 8. The van der Waals surface area contributed by atoms with Gasteiger partial charge >= 0.3 is 0 Å². The van der Waals surface area contributed by atoms with Gasteiger partial charge in [0.1, 0.15) is 18.4 Å². The predicted octanol–water partition coefficient (Wildman–Crippen LogP) is 3.59. The van der Waals surface area contributed by atoms with Gasteiger partial charge < -0.3 is 0 Å². The first kappa shape index (κ1) is 16.7. The van der Waals surface area contributed by atoms with Crippen molar-refractivity contribution >= 4 is 34.2 Å². The third-order valence-electron chi connectivity index (χ3n) is 5.00. The Morgan fingerprint density at radius 3 is 2.90 bits per heavy atom. The van der Waals surface area contributed by atoms with Crippen LogP contribution in [-0.2, 0) is 13.1 Å². The summed E-state index contributed by atoms with van der Waals surface area (Å²) < 4.78 is 5.58. The van der Waals surface area contributed by atoms with Crippen molar-refractivity contribution in [2.45, 2.75) is 13.1 Å². The van der Waals surface area contributed by atoms with Crippen LogP contribution in [0.15, 0.2) is 48.8 Å². The SMILES string of the molecule is Clc1ccc2c(c1)-c1nc(Cn3nnc4ccccc43)nn1Cc1c(Cl)ncn1-2. The molecule has 0 aliphatic carbocycles. The van der Waals surface area contributed by atoms with Crippen LogP contribution in [0, 0.1) is 0 Å². The number of imidazole rings is 1. The van der Waals surface area contributed by atoms with Gasteiger partial charge in [-0.05, 0) is 30.3 Å². The van der Waals surface area contributed by atoms with Crippen LogP contribution in [0.2, 0.25) is 10.2 Å². The maximum atomic E-state index is 6.34. The predicted molar refractivity (Wildman–Crippen MR) is 108 cm³/mol. The van der Waals surface area contributed by atoms with E-state index in [9.17, 15) is 0 Å². The van der Waals surface area contributed by atoms with Gasteiger partial charge in [-0.1, -0.05) is 40.5 Å². The number of hydrogen-bond donors (Lipinski definition) is 0. The molecule has 142 valence electrons. The summed E-state index contributed by atoms with van der Waals surface area (Å²) in [4.78, 5) is 9.04. The fourth-order valence-corrected chi connectivity index (χ4v) is 4.04. The van der Waals surface area contributed by atoms with E-state index in [1.165, 1.54) is 0 Å². The van der Waals surface area contributed by atoms with Gasteiger partial charge in [0, 0.05) is 10.6 Å². The van der Waals surface area contributed by atoms with Crippen molar-refractivity contribution in [2.75, 3.05) is 0 Å². The average molecular weight is 423 g/mol. The first-order chi connectivity index (χ1) is 14.2. The molecular formula is C19H12Cl2N8. The van der Waals surface area contributed by atoms with Crippen molar-refractivity contribution in [3.05, 3.63) is 70.5 Å². The topological polar surface area (TPSA) is 79.2 Å². The zero-order valence-corrected chi connectivity index (χ0v) is 16.4. The summed E-state index contributed by atoms with van der Waals surface area (Å²) in [5.74, 6) is 1.35. The van der Waals surface area contributed by atoms with Crippen molar-refractivity contribution < 1.29 is 0 Å². The van der Waals surface area contributed by atoms with Gasteiger partial charge in [0.25, 0.3) is 0 Å². The molecule has 6 rings (SSSR count). The third-order valence-corrected chi connectivity index (χ3v) is 5.55. The molecule has 0 unspecified atom stereocenters. The largest absolute Gasteiger partial charge is 0.299 e. The molecule has 3 aromatic heterocycles. The minimum absolute atomic E-state index is 0.406. The van der Waals surface area contributed by atoms with Gasteiger partial charge in [0.2, 0.25) is 0 Å². The summed E-state index contributed by atoms with van der Waals surface area (Å²) in [5, 5.41) is 14.2. The number of halogens is 2. The van der Waals surface area contributed by atoms with Crippen LogP contribution in [0.4, 0.5) is 0 Å². The lowest BCUT2D eigenvalue weighted by Gasteiger charge is -2.08. The number of aromatic nitrogens is 8. The fraction of sp³-hybridized carbons (Fsp3) is 0.105. The van der Waals surface area contributed by atoms with Gasteiger partial charge in [0.15, 0.2) is 16.8 Å². The van der Waals surface area contributed by atoms with Gasteiger partial charge in [-0.15, -0.1) is 5.10 Å². The summed E-state index contributed by atoms with van der Waals surface area (Å²) in [6, 6.07) is 13.5. The normalized spacial score (nSPS) is 12.5. The molecule has 4 heterocycles. The van der Waals surface area contributed by atoms with Crippen molar-refractivity contribution in [3.63, 3.8) is 0 Å². The molecule has 0 radical (unpaired) electrons. The van der Waals surface area contributed by atoms with Crippen LogP contribution in [0.3, 0.4) is 0 Å². The highest BCUT2D eigenvalue weighted by Crippen LogP contribution is 2.34. The Hall–Kier alpha value is -3.23. The van der Waals surface area contributed by atoms with E-state index in [0.717, 1.165) is 33.8 Å². The smallest absolute Gasteiger partial charge is 0.172 e. The Labute approximate surface area is 174 Å². The van der Waals surface area contributed by atoms with E-state index in [4.69, 9.17) is 33.3 Å². The Balaban J connectivity index is 1.50. The molecule has 10 heteroatoms. The number of fused-ring (bicyclic) bond motifs is 6. The third kappa shape index (κ3) is 2.56.